The average Bonchev–Trinajstić information content (AvgIpc) is 1.53. The lowest BCUT2D eigenvalue weighted by atomic mass is 10.7. The van der Waals surface area contributed by atoms with Gasteiger partial charge in [0, 0.05) is 0 Å². The molecule has 0 spiro atoms. The Bertz CT molecular complexity index is 151. The highest BCUT2D eigenvalue weighted by atomic mass is 19.4. The molecule has 0 amide bonds. The first kappa shape index (κ1) is 10.0. The fraction of sp³-hybridized carbons (Fsp3) is 0.750. The summed E-state index contributed by atoms with van der Waals surface area (Å²) >= 11 is 0. The van der Waals surface area contributed by atoms with Crippen molar-refractivity contribution in [2.45, 2.75) is 13.3 Å². The van der Waals surface area contributed by atoms with Crippen molar-refractivity contribution in [2.75, 3.05) is 7.05 Å². The molecule has 7 heteroatoms. The average molecular weight is 171 g/mol. The molecule has 0 radical (unpaired) electrons. The maximum atomic E-state index is 11.4. The van der Waals surface area contributed by atoms with Crippen LogP contribution in [-0.2, 0) is 4.84 Å². The molecular formula is C4H8F3N3O. The van der Waals surface area contributed by atoms with Crippen LogP contribution in [-0.4, -0.2) is 24.4 Å². The molecule has 0 rings (SSSR count). The van der Waals surface area contributed by atoms with Gasteiger partial charge in [-0.05, 0) is 6.92 Å². The second-order valence-corrected chi connectivity index (χ2v) is 1.74. The van der Waals surface area contributed by atoms with E-state index in [0.29, 0.717) is 0 Å². The SMILES string of the molecule is CC(N)=NN(C)OC(F)(F)F. The summed E-state index contributed by atoms with van der Waals surface area (Å²) in [5.74, 6) is -0.0169. The molecule has 0 aromatic carbocycles. The predicted molar refractivity (Wildman–Crippen MR) is 32.2 cm³/mol. The number of nitrogens with zero attached hydrogens (tertiary/aromatic N) is 2. The third-order valence-electron chi connectivity index (χ3n) is 0.534. The van der Waals surface area contributed by atoms with Crippen LogP contribution in [0.4, 0.5) is 13.2 Å². The standard InChI is InChI=1S/C4H8F3N3O/c1-3(8)9-10(2)11-4(5,6)7/h1-2H3,(H2,8,9). The van der Waals surface area contributed by atoms with Gasteiger partial charge in [0.1, 0.15) is 5.84 Å². The normalized spacial score (nSPS) is 13.4. The summed E-state index contributed by atoms with van der Waals surface area (Å²) in [4.78, 5) is 3.31. The monoisotopic (exact) mass is 171 g/mol. The summed E-state index contributed by atoms with van der Waals surface area (Å²) in [6, 6.07) is 0. The Kier molecular flexibility index (Phi) is 3.12. The van der Waals surface area contributed by atoms with Crippen LogP contribution >= 0.6 is 0 Å². The summed E-state index contributed by atoms with van der Waals surface area (Å²) in [5.41, 5.74) is 4.97. The van der Waals surface area contributed by atoms with E-state index in [4.69, 9.17) is 5.73 Å². The van der Waals surface area contributed by atoms with Crippen molar-refractivity contribution < 1.29 is 18.0 Å². The van der Waals surface area contributed by atoms with Crippen molar-refractivity contribution in [1.29, 1.82) is 0 Å². The highest BCUT2D eigenvalue weighted by Gasteiger charge is 2.32. The molecule has 2 N–H and O–H groups in total. The van der Waals surface area contributed by atoms with Gasteiger partial charge in [0.25, 0.3) is 0 Å². The van der Waals surface area contributed by atoms with Crippen LogP contribution in [0.5, 0.6) is 0 Å². The van der Waals surface area contributed by atoms with Crippen molar-refractivity contribution in [3.63, 3.8) is 0 Å². The lowest BCUT2D eigenvalue weighted by Crippen LogP contribution is -2.26. The second kappa shape index (κ2) is 3.42. The molecule has 0 atom stereocenters. The molecule has 0 aliphatic heterocycles. The molecule has 0 aliphatic rings. The molecule has 0 saturated carbocycles. The Labute approximate surface area is 61.4 Å². The minimum Gasteiger partial charge on any atom is -0.386 e. The zero-order valence-corrected chi connectivity index (χ0v) is 6.01. The summed E-state index contributed by atoms with van der Waals surface area (Å²) in [7, 11) is 0.990. The fourth-order valence-electron chi connectivity index (χ4n) is 0.392. The van der Waals surface area contributed by atoms with Gasteiger partial charge in [-0.15, -0.1) is 18.3 Å². The quantitative estimate of drug-likeness (QED) is 0.377. The van der Waals surface area contributed by atoms with Gasteiger partial charge in [0.05, 0.1) is 7.05 Å². The van der Waals surface area contributed by atoms with E-state index >= 15 is 0 Å². The molecule has 0 aromatic heterocycles. The van der Waals surface area contributed by atoms with Gasteiger partial charge in [0.2, 0.25) is 0 Å². The van der Waals surface area contributed by atoms with Crippen molar-refractivity contribution >= 4 is 5.84 Å². The Balaban J connectivity index is 3.89. The van der Waals surface area contributed by atoms with Crippen LogP contribution in [0.25, 0.3) is 0 Å². The van der Waals surface area contributed by atoms with Gasteiger partial charge >= 0.3 is 6.36 Å². The van der Waals surface area contributed by atoms with Crippen LogP contribution in [0, 0.1) is 0 Å². The van der Waals surface area contributed by atoms with E-state index in [0.717, 1.165) is 7.05 Å². The van der Waals surface area contributed by atoms with Gasteiger partial charge in [-0.25, -0.2) is 0 Å². The maximum absolute atomic E-state index is 11.4. The molecule has 11 heavy (non-hydrogen) atoms. The fourth-order valence-corrected chi connectivity index (χ4v) is 0.392. The zero-order chi connectivity index (χ0) is 9.07. The molecule has 4 nitrogen and oxygen atoms in total. The van der Waals surface area contributed by atoms with Crippen LogP contribution in [0.15, 0.2) is 5.10 Å². The first-order chi connectivity index (χ1) is 4.81. The molecule has 0 unspecified atom stereocenters. The van der Waals surface area contributed by atoms with Gasteiger partial charge in [-0.1, -0.05) is 0 Å². The Morgan fingerprint density at radius 3 is 2.27 bits per heavy atom. The first-order valence-electron chi connectivity index (χ1n) is 2.61. The molecule has 0 aliphatic carbocycles. The number of alkyl halides is 3. The number of amidine groups is 1. The van der Waals surface area contributed by atoms with E-state index in [1.165, 1.54) is 6.92 Å². The number of hydrazone groups is 1. The van der Waals surface area contributed by atoms with Crippen molar-refractivity contribution in [2.24, 2.45) is 10.8 Å². The molecule has 0 heterocycles. The van der Waals surface area contributed by atoms with Gasteiger partial charge < -0.3 is 5.73 Å². The number of hydrogen-bond acceptors (Lipinski definition) is 3. The second-order valence-electron chi connectivity index (χ2n) is 1.74. The third kappa shape index (κ3) is 6.91. The third-order valence-corrected chi connectivity index (χ3v) is 0.534. The van der Waals surface area contributed by atoms with Crippen LogP contribution < -0.4 is 5.73 Å². The smallest absolute Gasteiger partial charge is 0.386 e. The molecule has 0 fully saturated rings. The summed E-state index contributed by atoms with van der Waals surface area (Å²) in [6.07, 6.45) is -4.73. The van der Waals surface area contributed by atoms with Crippen LogP contribution in [0.2, 0.25) is 0 Å². The number of hydroxylamine groups is 1. The highest BCUT2D eigenvalue weighted by Crippen LogP contribution is 2.17. The number of halogens is 3. The van der Waals surface area contributed by atoms with Gasteiger partial charge in [-0.2, -0.15) is 10.0 Å². The van der Waals surface area contributed by atoms with E-state index in [1.54, 1.807) is 0 Å². The lowest BCUT2D eigenvalue weighted by molar-refractivity contribution is -0.409. The predicted octanol–water partition coefficient (Wildman–Crippen LogP) is 0.662. The van der Waals surface area contributed by atoms with Gasteiger partial charge in [-0.3, -0.25) is 0 Å². The minimum atomic E-state index is -4.73. The Morgan fingerprint density at radius 1 is 1.55 bits per heavy atom. The van der Waals surface area contributed by atoms with Crippen molar-refractivity contribution in [3.8, 4) is 0 Å². The lowest BCUT2D eigenvalue weighted by Gasteiger charge is -2.13. The summed E-state index contributed by atoms with van der Waals surface area (Å²) < 4.78 is 34.1. The summed E-state index contributed by atoms with van der Waals surface area (Å²) in [6.45, 7) is 1.34. The van der Waals surface area contributed by atoms with Crippen molar-refractivity contribution in [3.05, 3.63) is 0 Å². The van der Waals surface area contributed by atoms with E-state index in [9.17, 15) is 13.2 Å². The zero-order valence-electron chi connectivity index (χ0n) is 6.01. The minimum absolute atomic E-state index is 0.0169. The van der Waals surface area contributed by atoms with E-state index in [-0.39, 0.29) is 11.0 Å². The Morgan fingerprint density at radius 2 is 2.00 bits per heavy atom. The topological polar surface area (TPSA) is 50.8 Å². The largest absolute Gasteiger partial charge is 0.545 e. The number of rotatable bonds is 2. The summed E-state index contributed by atoms with van der Waals surface area (Å²) in [5, 5.41) is 3.39. The molecule has 66 valence electrons. The van der Waals surface area contributed by atoms with Crippen molar-refractivity contribution in [1.82, 2.24) is 5.17 Å². The number of nitrogens with two attached hydrogens (primary N) is 1. The van der Waals surface area contributed by atoms with E-state index in [2.05, 4.69) is 9.94 Å². The molecule has 0 bridgehead atoms. The van der Waals surface area contributed by atoms with E-state index < -0.39 is 6.36 Å². The number of hydrogen-bond donors (Lipinski definition) is 1. The molecule has 0 saturated heterocycles. The molecular weight excluding hydrogens is 163 g/mol. The maximum Gasteiger partial charge on any atom is 0.545 e. The molecule has 0 aromatic rings. The highest BCUT2D eigenvalue weighted by molar-refractivity contribution is 5.76. The van der Waals surface area contributed by atoms with Crippen LogP contribution in [0.1, 0.15) is 6.92 Å². The van der Waals surface area contributed by atoms with Crippen LogP contribution in [0.3, 0.4) is 0 Å². The first-order valence-corrected chi connectivity index (χ1v) is 2.61. The van der Waals surface area contributed by atoms with E-state index in [1.807, 2.05) is 0 Å². The van der Waals surface area contributed by atoms with Gasteiger partial charge in [0.15, 0.2) is 0 Å². The Hall–Kier alpha value is -0.980.